The summed E-state index contributed by atoms with van der Waals surface area (Å²) in [5.41, 5.74) is 0. The fourth-order valence-electron chi connectivity index (χ4n) is 1.88. The Hall–Kier alpha value is -0.370. The summed E-state index contributed by atoms with van der Waals surface area (Å²) < 4.78 is 0. The number of hydrogen-bond acceptors (Lipinski definition) is 2. The van der Waals surface area contributed by atoms with Crippen molar-refractivity contribution in [2.45, 2.75) is 52.0 Å². The van der Waals surface area contributed by atoms with E-state index in [4.69, 9.17) is 0 Å². The second-order valence-corrected chi connectivity index (χ2v) is 3.96. The lowest BCUT2D eigenvalue weighted by atomic mass is 9.80. The Labute approximate surface area is 81.1 Å². The molecule has 0 amide bonds. The molecule has 2 nitrogen and oxygen atoms in total. The van der Waals surface area contributed by atoms with Crippen LogP contribution in [-0.2, 0) is 4.79 Å². The molecular weight excluding hydrogens is 162 g/mol. The fourth-order valence-corrected chi connectivity index (χ4v) is 1.88. The van der Waals surface area contributed by atoms with Gasteiger partial charge in [0.2, 0.25) is 0 Å². The van der Waals surface area contributed by atoms with Gasteiger partial charge >= 0.3 is 0 Å². The molecule has 1 aliphatic rings. The number of carbonyl (C=O) groups is 1. The average molecular weight is 183 g/mol. The molecule has 0 saturated heterocycles. The Morgan fingerprint density at radius 1 is 1.46 bits per heavy atom. The number of ketones is 1. The van der Waals surface area contributed by atoms with Crippen molar-refractivity contribution in [2.75, 3.05) is 6.54 Å². The van der Waals surface area contributed by atoms with Gasteiger partial charge in [0.1, 0.15) is 5.78 Å². The first-order valence-electron chi connectivity index (χ1n) is 5.54. The van der Waals surface area contributed by atoms with Crippen molar-refractivity contribution in [2.24, 2.45) is 5.92 Å². The maximum Gasteiger partial charge on any atom is 0.149 e. The molecule has 2 heteroatoms. The van der Waals surface area contributed by atoms with E-state index in [-0.39, 0.29) is 6.04 Å². The summed E-state index contributed by atoms with van der Waals surface area (Å²) in [7, 11) is 0. The predicted molar refractivity (Wildman–Crippen MR) is 54.7 cm³/mol. The highest BCUT2D eigenvalue weighted by Crippen LogP contribution is 2.30. The second-order valence-electron chi connectivity index (χ2n) is 3.96. The van der Waals surface area contributed by atoms with Crippen LogP contribution in [0.4, 0.5) is 0 Å². The van der Waals surface area contributed by atoms with Crippen LogP contribution in [0.25, 0.3) is 0 Å². The molecule has 13 heavy (non-hydrogen) atoms. The zero-order valence-electron chi connectivity index (χ0n) is 8.81. The summed E-state index contributed by atoms with van der Waals surface area (Å²) in [6.45, 7) is 4.92. The highest BCUT2D eigenvalue weighted by atomic mass is 16.1. The zero-order chi connectivity index (χ0) is 9.68. The van der Waals surface area contributed by atoms with Crippen LogP contribution in [0.2, 0.25) is 0 Å². The largest absolute Gasteiger partial charge is 0.308 e. The van der Waals surface area contributed by atoms with E-state index in [2.05, 4.69) is 12.2 Å². The molecule has 1 rings (SSSR count). The molecule has 1 N–H and O–H groups in total. The van der Waals surface area contributed by atoms with Gasteiger partial charge in [-0.25, -0.2) is 0 Å². The summed E-state index contributed by atoms with van der Waals surface area (Å²) in [5, 5.41) is 3.28. The average Bonchev–Trinajstić information content (AvgIpc) is 2.07. The van der Waals surface area contributed by atoms with Crippen molar-refractivity contribution in [3.05, 3.63) is 0 Å². The Balaban J connectivity index is 2.31. The number of nitrogens with one attached hydrogen (secondary N) is 1. The standard InChI is InChI=1S/C11H21NO/c1-3-11(13)10(12-4-2)8-9-6-5-7-9/h9-10,12H,3-8H2,1-2H3/t10-/m0/s1. The zero-order valence-corrected chi connectivity index (χ0v) is 8.81. The van der Waals surface area contributed by atoms with E-state index in [1.54, 1.807) is 0 Å². The minimum Gasteiger partial charge on any atom is -0.308 e. The van der Waals surface area contributed by atoms with Gasteiger partial charge in [0.15, 0.2) is 0 Å². The van der Waals surface area contributed by atoms with E-state index < -0.39 is 0 Å². The van der Waals surface area contributed by atoms with Crippen LogP contribution in [0.1, 0.15) is 46.0 Å². The Bertz CT molecular complexity index is 163. The minimum atomic E-state index is 0.139. The van der Waals surface area contributed by atoms with Crippen LogP contribution in [-0.4, -0.2) is 18.4 Å². The molecule has 1 fully saturated rings. The van der Waals surface area contributed by atoms with Crippen molar-refractivity contribution < 1.29 is 4.79 Å². The monoisotopic (exact) mass is 183 g/mol. The molecule has 0 aliphatic heterocycles. The number of likely N-dealkylation sites (N-methyl/N-ethyl adjacent to an activating group) is 1. The van der Waals surface area contributed by atoms with Gasteiger partial charge in [0.25, 0.3) is 0 Å². The quantitative estimate of drug-likeness (QED) is 0.683. The highest BCUT2D eigenvalue weighted by molar-refractivity contribution is 5.83. The van der Waals surface area contributed by atoms with Gasteiger partial charge in [0, 0.05) is 6.42 Å². The summed E-state index contributed by atoms with van der Waals surface area (Å²) in [6, 6.07) is 0.139. The van der Waals surface area contributed by atoms with E-state index in [9.17, 15) is 4.79 Å². The lowest BCUT2D eigenvalue weighted by Crippen LogP contribution is -2.39. The maximum atomic E-state index is 11.5. The van der Waals surface area contributed by atoms with E-state index in [1.807, 2.05) is 6.92 Å². The Kier molecular flexibility index (Phi) is 4.43. The first-order chi connectivity index (χ1) is 6.27. The van der Waals surface area contributed by atoms with E-state index in [0.29, 0.717) is 12.2 Å². The fraction of sp³-hybridized carbons (Fsp3) is 0.909. The van der Waals surface area contributed by atoms with Crippen LogP contribution in [0, 0.1) is 5.92 Å². The van der Waals surface area contributed by atoms with E-state index >= 15 is 0 Å². The van der Waals surface area contributed by atoms with E-state index in [1.165, 1.54) is 19.3 Å². The molecule has 0 aromatic heterocycles. The molecule has 0 radical (unpaired) electrons. The molecule has 76 valence electrons. The van der Waals surface area contributed by atoms with Gasteiger partial charge in [-0.15, -0.1) is 0 Å². The van der Waals surface area contributed by atoms with Crippen molar-refractivity contribution in [1.29, 1.82) is 0 Å². The van der Waals surface area contributed by atoms with Crippen molar-refractivity contribution in [1.82, 2.24) is 5.32 Å². The van der Waals surface area contributed by atoms with Crippen LogP contribution in [0.3, 0.4) is 0 Å². The van der Waals surface area contributed by atoms with Crippen LogP contribution in [0.15, 0.2) is 0 Å². The first-order valence-corrected chi connectivity index (χ1v) is 5.54. The summed E-state index contributed by atoms with van der Waals surface area (Å²) >= 11 is 0. The van der Waals surface area contributed by atoms with Crippen molar-refractivity contribution >= 4 is 5.78 Å². The molecule has 1 saturated carbocycles. The van der Waals surface area contributed by atoms with Crippen LogP contribution >= 0.6 is 0 Å². The van der Waals surface area contributed by atoms with Gasteiger partial charge in [-0.3, -0.25) is 4.79 Å². The molecule has 0 aromatic carbocycles. The third kappa shape index (κ3) is 3.11. The number of Topliss-reactive ketones (excluding diaryl/α,β-unsaturated/α-hetero) is 1. The summed E-state index contributed by atoms with van der Waals surface area (Å²) in [4.78, 5) is 11.5. The van der Waals surface area contributed by atoms with Crippen LogP contribution < -0.4 is 5.32 Å². The summed E-state index contributed by atoms with van der Waals surface area (Å²) in [5.74, 6) is 1.20. The number of carbonyl (C=O) groups excluding carboxylic acids is 1. The summed E-state index contributed by atoms with van der Waals surface area (Å²) in [6.07, 6.45) is 5.77. The second kappa shape index (κ2) is 5.38. The van der Waals surface area contributed by atoms with Crippen LogP contribution in [0.5, 0.6) is 0 Å². The predicted octanol–water partition coefficient (Wildman–Crippen LogP) is 2.13. The molecule has 1 aliphatic carbocycles. The van der Waals surface area contributed by atoms with Gasteiger partial charge in [0.05, 0.1) is 6.04 Å². The first kappa shape index (κ1) is 10.7. The Morgan fingerprint density at radius 2 is 2.15 bits per heavy atom. The van der Waals surface area contributed by atoms with Crippen molar-refractivity contribution in [3.8, 4) is 0 Å². The van der Waals surface area contributed by atoms with Gasteiger partial charge in [-0.05, 0) is 18.9 Å². The topological polar surface area (TPSA) is 29.1 Å². The van der Waals surface area contributed by atoms with Gasteiger partial charge in [-0.1, -0.05) is 33.1 Å². The smallest absolute Gasteiger partial charge is 0.149 e. The van der Waals surface area contributed by atoms with E-state index in [0.717, 1.165) is 18.9 Å². The third-order valence-electron chi connectivity index (χ3n) is 2.98. The normalized spacial score (nSPS) is 19.5. The van der Waals surface area contributed by atoms with Gasteiger partial charge in [-0.2, -0.15) is 0 Å². The SMILES string of the molecule is CCN[C@@H](CC1CCC1)C(=O)CC. The molecule has 0 spiro atoms. The maximum absolute atomic E-state index is 11.5. The van der Waals surface area contributed by atoms with Gasteiger partial charge < -0.3 is 5.32 Å². The molecule has 0 bridgehead atoms. The lowest BCUT2D eigenvalue weighted by molar-refractivity contribution is -0.121. The number of rotatable bonds is 6. The highest BCUT2D eigenvalue weighted by Gasteiger charge is 2.24. The molecule has 0 unspecified atom stereocenters. The molecule has 0 aromatic rings. The molecular formula is C11H21NO. The molecule has 0 heterocycles. The lowest BCUT2D eigenvalue weighted by Gasteiger charge is -2.29. The number of hydrogen-bond donors (Lipinski definition) is 1. The van der Waals surface area contributed by atoms with Crippen molar-refractivity contribution in [3.63, 3.8) is 0 Å². The molecule has 1 atom stereocenters. The Morgan fingerprint density at radius 3 is 2.54 bits per heavy atom. The third-order valence-corrected chi connectivity index (χ3v) is 2.98. The minimum absolute atomic E-state index is 0.139.